The zero-order valence-corrected chi connectivity index (χ0v) is 21.1. The topological polar surface area (TPSA) is 58.6 Å². The third kappa shape index (κ3) is 5.36. The van der Waals surface area contributed by atoms with E-state index in [9.17, 15) is 9.59 Å². The van der Waals surface area contributed by atoms with Crippen molar-refractivity contribution < 1.29 is 14.3 Å². The predicted molar refractivity (Wildman–Crippen MR) is 128 cm³/mol. The first-order valence-corrected chi connectivity index (χ1v) is 12.1. The van der Waals surface area contributed by atoms with Crippen molar-refractivity contribution in [2.24, 2.45) is 16.7 Å². The minimum Gasteiger partial charge on any atom is -0.465 e. The van der Waals surface area contributed by atoms with Crippen molar-refractivity contribution in [1.82, 2.24) is 10.2 Å². The van der Waals surface area contributed by atoms with E-state index in [1.165, 1.54) is 7.11 Å². The highest BCUT2D eigenvalue weighted by atomic mass is 16.5. The number of benzene rings is 1. The first-order valence-electron chi connectivity index (χ1n) is 12.1. The summed E-state index contributed by atoms with van der Waals surface area (Å²) in [5.41, 5.74) is 1.85. The van der Waals surface area contributed by atoms with Gasteiger partial charge in [-0.3, -0.25) is 10.1 Å². The second kappa shape index (κ2) is 9.17. The molecule has 178 valence electrons. The summed E-state index contributed by atoms with van der Waals surface area (Å²) < 4.78 is 4.86. The number of rotatable bonds is 5. The van der Waals surface area contributed by atoms with E-state index in [-0.39, 0.29) is 29.0 Å². The molecule has 5 nitrogen and oxygen atoms in total. The van der Waals surface area contributed by atoms with Gasteiger partial charge in [0.25, 0.3) is 0 Å². The molecule has 32 heavy (non-hydrogen) atoms. The van der Waals surface area contributed by atoms with Gasteiger partial charge in [-0.15, -0.1) is 0 Å². The van der Waals surface area contributed by atoms with Crippen molar-refractivity contribution >= 4 is 11.9 Å². The van der Waals surface area contributed by atoms with Crippen LogP contribution < -0.4 is 5.32 Å². The number of methoxy groups -OCH3 is 1. The fraction of sp³-hybridized carbons (Fsp3) is 0.704. The van der Waals surface area contributed by atoms with Crippen LogP contribution in [-0.2, 0) is 9.53 Å². The van der Waals surface area contributed by atoms with E-state index in [0.717, 1.165) is 44.1 Å². The molecule has 1 aromatic carbocycles. The lowest BCUT2D eigenvalue weighted by molar-refractivity contribution is -0.136. The second-order valence-corrected chi connectivity index (χ2v) is 12.0. The van der Waals surface area contributed by atoms with E-state index in [1.807, 2.05) is 24.3 Å². The number of nitrogens with one attached hydrogen (secondary N) is 1. The molecule has 1 aliphatic carbocycles. The predicted octanol–water partition coefficient (Wildman–Crippen LogP) is 5.71. The lowest BCUT2D eigenvalue weighted by Gasteiger charge is -2.49. The van der Waals surface area contributed by atoms with Crippen LogP contribution in [0.2, 0.25) is 0 Å². The SMILES string of the molecule is COC(=O)c1ccc([C@@H](CCC(C)(C)C)N2C(=O)CNC23CCC(C(C)(C)C)CC3)cc1. The molecule has 0 aromatic heterocycles. The molecule has 1 saturated carbocycles. The van der Waals surface area contributed by atoms with Crippen molar-refractivity contribution in [1.29, 1.82) is 0 Å². The van der Waals surface area contributed by atoms with Crippen LogP contribution in [0.25, 0.3) is 0 Å². The Labute approximate surface area is 194 Å². The Kier molecular flexibility index (Phi) is 7.09. The Hall–Kier alpha value is -1.88. The summed E-state index contributed by atoms with van der Waals surface area (Å²) >= 11 is 0. The molecule has 3 rings (SSSR count). The van der Waals surface area contributed by atoms with Gasteiger partial charge < -0.3 is 9.64 Å². The Morgan fingerprint density at radius 2 is 1.72 bits per heavy atom. The Morgan fingerprint density at radius 1 is 1.12 bits per heavy atom. The van der Waals surface area contributed by atoms with Crippen molar-refractivity contribution in [2.45, 2.75) is 91.8 Å². The molecule has 2 aliphatic rings. The van der Waals surface area contributed by atoms with Crippen molar-refractivity contribution in [3.8, 4) is 0 Å². The van der Waals surface area contributed by atoms with Gasteiger partial charge in [-0.05, 0) is 73.0 Å². The number of ether oxygens (including phenoxy) is 1. The molecule has 1 N–H and O–H groups in total. The van der Waals surface area contributed by atoms with E-state index < -0.39 is 0 Å². The third-order valence-electron chi connectivity index (χ3n) is 7.53. The van der Waals surface area contributed by atoms with Crippen LogP contribution in [0, 0.1) is 16.7 Å². The van der Waals surface area contributed by atoms with Crippen LogP contribution >= 0.6 is 0 Å². The van der Waals surface area contributed by atoms with Gasteiger partial charge in [0, 0.05) is 0 Å². The number of esters is 1. The van der Waals surface area contributed by atoms with Gasteiger partial charge in [-0.1, -0.05) is 53.7 Å². The lowest BCUT2D eigenvalue weighted by Crippen LogP contribution is -2.56. The van der Waals surface area contributed by atoms with Crippen LogP contribution in [0.1, 0.15) is 102 Å². The molecule has 0 radical (unpaired) electrons. The summed E-state index contributed by atoms with van der Waals surface area (Å²) in [6.07, 6.45) is 6.17. The summed E-state index contributed by atoms with van der Waals surface area (Å²) in [6.45, 7) is 14.1. The molecule has 5 heteroatoms. The minimum absolute atomic E-state index is 0.00499. The number of nitrogens with zero attached hydrogens (tertiary/aromatic N) is 1. The molecule has 1 heterocycles. The first-order chi connectivity index (χ1) is 14.9. The third-order valence-corrected chi connectivity index (χ3v) is 7.53. The summed E-state index contributed by atoms with van der Waals surface area (Å²) in [6, 6.07) is 7.64. The smallest absolute Gasteiger partial charge is 0.337 e. The number of amides is 1. The number of hydrogen-bond donors (Lipinski definition) is 1. The highest BCUT2D eigenvalue weighted by Crippen LogP contribution is 2.47. The fourth-order valence-corrected chi connectivity index (χ4v) is 5.47. The second-order valence-electron chi connectivity index (χ2n) is 12.0. The molecule has 0 bridgehead atoms. The number of carbonyl (C=O) groups is 2. The van der Waals surface area contributed by atoms with Crippen LogP contribution in [-0.4, -0.2) is 36.1 Å². The summed E-state index contributed by atoms with van der Waals surface area (Å²) in [5, 5.41) is 3.63. The number of carbonyl (C=O) groups excluding carboxylic acids is 2. The molecule has 0 unspecified atom stereocenters. The van der Waals surface area contributed by atoms with E-state index in [1.54, 1.807) is 0 Å². The molecule has 1 saturated heterocycles. The maximum atomic E-state index is 13.3. The van der Waals surface area contributed by atoms with Crippen molar-refractivity contribution in [3.63, 3.8) is 0 Å². The average Bonchev–Trinajstić information content (AvgIpc) is 3.03. The van der Waals surface area contributed by atoms with Crippen molar-refractivity contribution in [3.05, 3.63) is 35.4 Å². The van der Waals surface area contributed by atoms with Crippen LogP contribution in [0.3, 0.4) is 0 Å². The molecule has 2 fully saturated rings. The first kappa shape index (κ1) is 24.8. The van der Waals surface area contributed by atoms with E-state index in [2.05, 4.69) is 51.8 Å². The maximum Gasteiger partial charge on any atom is 0.337 e. The van der Waals surface area contributed by atoms with Crippen LogP contribution in [0.15, 0.2) is 24.3 Å². The van der Waals surface area contributed by atoms with E-state index >= 15 is 0 Å². The molecule has 1 spiro atoms. The zero-order valence-electron chi connectivity index (χ0n) is 21.1. The summed E-state index contributed by atoms with van der Waals surface area (Å²) in [5.74, 6) is 0.536. The Bertz CT molecular complexity index is 809. The standard InChI is InChI=1S/C27H42N2O3/c1-25(2,3)15-14-22(19-8-10-20(11-9-19)24(31)32-7)29-23(30)18-28-27(29)16-12-21(13-17-27)26(4,5)6/h8-11,21-22,28H,12-18H2,1-7H3/t21?,22-,27?/m1/s1. The van der Waals surface area contributed by atoms with Gasteiger partial charge in [0.1, 0.15) is 0 Å². The van der Waals surface area contributed by atoms with Crippen molar-refractivity contribution in [2.75, 3.05) is 13.7 Å². The van der Waals surface area contributed by atoms with Gasteiger partial charge in [0.15, 0.2) is 0 Å². The van der Waals surface area contributed by atoms with Gasteiger partial charge in [-0.2, -0.15) is 0 Å². The minimum atomic E-state index is -0.335. The Morgan fingerprint density at radius 3 is 2.22 bits per heavy atom. The lowest BCUT2D eigenvalue weighted by atomic mass is 9.69. The van der Waals surface area contributed by atoms with Gasteiger partial charge in [0.2, 0.25) is 5.91 Å². The highest BCUT2D eigenvalue weighted by Gasteiger charge is 2.50. The fourth-order valence-electron chi connectivity index (χ4n) is 5.47. The van der Waals surface area contributed by atoms with Gasteiger partial charge in [-0.25, -0.2) is 4.79 Å². The van der Waals surface area contributed by atoms with E-state index in [0.29, 0.717) is 23.4 Å². The van der Waals surface area contributed by atoms with Gasteiger partial charge >= 0.3 is 5.97 Å². The van der Waals surface area contributed by atoms with Crippen LogP contribution in [0.5, 0.6) is 0 Å². The highest BCUT2D eigenvalue weighted by molar-refractivity contribution is 5.89. The van der Waals surface area contributed by atoms with E-state index in [4.69, 9.17) is 4.74 Å². The molecule has 1 aliphatic heterocycles. The zero-order chi connectivity index (χ0) is 23.7. The summed E-state index contributed by atoms with van der Waals surface area (Å²) in [4.78, 5) is 27.4. The van der Waals surface area contributed by atoms with Crippen LogP contribution in [0.4, 0.5) is 0 Å². The Balaban J connectivity index is 1.92. The molecule has 1 aromatic rings. The number of hydrogen-bond acceptors (Lipinski definition) is 4. The quantitative estimate of drug-likeness (QED) is 0.594. The maximum absolute atomic E-state index is 13.3. The normalized spacial score (nSPS) is 25.3. The molecular formula is C27H42N2O3. The average molecular weight is 443 g/mol. The molecule has 1 atom stereocenters. The molecular weight excluding hydrogens is 400 g/mol. The monoisotopic (exact) mass is 442 g/mol. The molecule has 1 amide bonds. The largest absolute Gasteiger partial charge is 0.465 e. The van der Waals surface area contributed by atoms with Gasteiger partial charge in [0.05, 0.1) is 30.9 Å². The summed E-state index contributed by atoms with van der Waals surface area (Å²) in [7, 11) is 1.40.